The van der Waals surface area contributed by atoms with Crippen molar-refractivity contribution in [2.45, 2.75) is 0 Å². The lowest BCUT2D eigenvalue weighted by Gasteiger charge is -2.04. The number of aromatic hydroxyl groups is 2. The summed E-state index contributed by atoms with van der Waals surface area (Å²) in [5, 5.41) is 28.1. The number of carbonyl (C=O) groups is 1. The molecule has 1 aromatic rings. The van der Waals surface area contributed by atoms with Crippen LogP contribution in [0.2, 0.25) is 0 Å². The minimum Gasteiger partial charge on any atom is -0.507 e. The molecule has 0 unspecified atom stereocenters. The summed E-state index contributed by atoms with van der Waals surface area (Å²) in [4.78, 5) is 10.6. The van der Waals surface area contributed by atoms with Gasteiger partial charge in [-0.25, -0.2) is 4.79 Å². The highest BCUT2D eigenvalue weighted by atomic mass is 79.9. The molecule has 4 nitrogen and oxygen atoms in total. The molecule has 15 heavy (non-hydrogen) atoms. The fourth-order valence-corrected chi connectivity index (χ4v) is 1.27. The molecule has 1 aromatic carbocycles. The van der Waals surface area contributed by atoms with Crippen LogP contribution in [-0.4, -0.2) is 26.6 Å². The number of hydrogen-bond acceptors (Lipinski definition) is 3. The summed E-state index contributed by atoms with van der Waals surface area (Å²) in [6.45, 7) is 0. The maximum atomic E-state index is 10.6. The molecule has 0 fully saturated rings. The van der Waals surface area contributed by atoms with Crippen LogP contribution in [0, 0.1) is 0 Å². The highest BCUT2D eigenvalue weighted by molar-refractivity contribution is 9.09. The summed E-state index contributed by atoms with van der Waals surface area (Å²) in [5.41, 5.74) is 0.0560. The fraction of sp³-hybridized carbons (Fsp3) is 0.100. The van der Waals surface area contributed by atoms with E-state index in [1.54, 1.807) is 6.08 Å². The van der Waals surface area contributed by atoms with Gasteiger partial charge in [0.1, 0.15) is 11.5 Å². The number of hydrogen-bond donors (Lipinski definition) is 3. The molecule has 0 aliphatic rings. The average molecular weight is 273 g/mol. The molecular formula is C10H9BrO4. The second-order valence-corrected chi connectivity index (χ2v) is 3.44. The predicted molar refractivity (Wildman–Crippen MR) is 59.6 cm³/mol. The van der Waals surface area contributed by atoms with Crippen LogP contribution >= 0.6 is 15.9 Å². The Balaban J connectivity index is 3.21. The van der Waals surface area contributed by atoms with Gasteiger partial charge in [0.2, 0.25) is 0 Å². The Labute approximate surface area is 94.6 Å². The Morgan fingerprint density at radius 2 is 1.87 bits per heavy atom. The minimum atomic E-state index is -1.20. The number of carboxylic acid groups (broad SMARTS) is 1. The highest BCUT2D eigenvalue weighted by Gasteiger charge is 2.11. The van der Waals surface area contributed by atoms with Crippen LogP contribution in [0.3, 0.4) is 0 Å². The standard InChI is InChI=1S/C10H9BrO4/c11-3-1-2-7-8(12)4-6(10(14)15)5-9(7)13/h1-2,4-5,12-13H,3H2,(H,14,15). The first-order chi connectivity index (χ1) is 7.06. The zero-order valence-electron chi connectivity index (χ0n) is 7.64. The maximum Gasteiger partial charge on any atom is 0.335 e. The lowest BCUT2D eigenvalue weighted by atomic mass is 10.1. The fourth-order valence-electron chi connectivity index (χ4n) is 1.08. The summed E-state index contributed by atoms with van der Waals surface area (Å²) in [5.74, 6) is -1.72. The van der Waals surface area contributed by atoms with Crippen molar-refractivity contribution >= 4 is 28.0 Å². The first-order valence-electron chi connectivity index (χ1n) is 4.08. The lowest BCUT2D eigenvalue weighted by Crippen LogP contribution is -1.96. The van der Waals surface area contributed by atoms with Crippen LogP contribution in [0.25, 0.3) is 6.08 Å². The first kappa shape index (κ1) is 11.6. The van der Waals surface area contributed by atoms with E-state index in [9.17, 15) is 15.0 Å². The molecule has 80 valence electrons. The van der Waals surface area contributed by atoms with Crippen LogP contribution in [0.5, 0.6) is 11.5 Å². The van der Waals surface area contributed by atoms with Gasteiger partial charge in [-0.15, -0.1) is 0 Å². The molecule has 0 saturated heterocycles. The molecule has 5 heteroatoms. The topological polar surface area (TPSA) is 77.8 Å². The number of aromatic carboxylic acids is 1. The third-order valence-electron chi connectivity index (χ3n) is 1.76. The van der Waals surface area contributed by atoms with Crippen molar-refractivity contribution in [3.05, 3.63) is 29.3 Å². The van der Waals surface area contributed by atoms with Gasteiger partial charge in [0.25, 0.3) is 0 Å². The van der Waals surface area contributed by atoms with Crippen LogP contribution in [0.15, 0.2) is 18.2 Å². The molecule has 3 N–H and O–H groups in total. The minimum absolute atomic E-state index is 0.152. The molecular weight excluding hydrogens is 264 g/mol. The molecule has 0 amide bonds. The van der Waals surface area contributed by atoms with Crippen molar-refractivity contribution in [3.8, 4) is 11.5 Å². The SMILES string of the molecule is O=C(O)c1cc(O)c(C=CCBr)c(O)c1. The number of carboxylic acids is 1. The molecule has 0 aliphatic heterocycles. The number of allylic oxidation sites excluding steroid dienone is 1. The molecule has 0 aromatic heterocycles. The van der Waals surface area contributed by atoms with Gasteiger partial charge in [-0.1, -0.05) is 28.1 Å². The third-order valence-corrected chi connectivity index (χ3v) is 2.13. The lowest BCUT2D eigenvalue weighted by molar-refractivity contribution is 0.0696. The summed E-state index contributed by atoms with van der Waals surface area (Å²) < 4.78 is 0. The smallest absolute Gasteiger partial charge is 0.335 e. The molecule has 0 atom stereocenters. The zero-order valence-corrected chi connectivity index (χ0v) is 9.23. The van der Waals surface area contributed by atoms with Gasteiger partial charge in [-0.05, 0) is 12.1 Å². The van der Waals surface area contributed by atoms with Crippen LogP contribution in [-0.2, 0) is 0 Å². The Kier molecular flexibility index (Phi) is 3.74. The quantitative estimate of drug-likeness (QED) is 0.738. The molecule has 0 heterocycles. The van der Waals surface area contributed by atoms with E-state index in [2.05, 4.69) is 15.9 Å². The number of phenolic OH excluding ortho intramolecular Hbond substituents is 2. The molecule has 0 bridgehead atoms. The Morgan fingerprint density at radius 3 is 2.27 bits per heavy atom. The Bertz CT molecular complexity index is 389. The Hall–Kier alpha value is -1.49. The van der Waals surface area contributed by atoms with Crippen LogP contribution < -0.4 is 0 Å². The number of rotatable bonds is 3. The van der Waals surface area contributed by atoms with E-state index in [-0.39, 0.29) is 22.6 Å². The summed E-state index contributed by atoms with van der Waals surface area (Å²) in [6, 6.07) is 2.19. The van der Waals surface area contributed by atoms with E-state index in [4.69, 9.17) is 5.11 Å². The van der Waals surface area contributed by atoms with E-state index in [0.717, 1.165) is 12.1 Å². The molecule has 0 spiro atoms. The van der Waals surface area contributed by atoms with E-state index in [0.29, 0.717) is 5.33 Å². The van der Waals surface area contributed by atoms with Crippen molar-refractivity contribution in [1.82, 2.24) is 0 Å². The van der Waals surface area contributed by atoms with Gasteiger partial charge >= 0.3 is 5.97 Å². The second-order valence-electron chi connectivity index (χ2n) is 2.79. The van der Waals surface area contributed by atoms with Crippen LogP contribution in [0.4, 0.5) is 0 Å². The van der Waals surface area contributed by atoms with Crippen molar-refractivity contribution in [2.24, 2.45) is 0 Å². The zero-order chi connectivity index (χ0) is 11.4. The summed E-state index contributed by atoms with van der Waals surface area (Å²) >= 11 is 3.15. The van der Waals surface area contributed by atoms with Crippen molar-refractivity contribution in [3.63, 3.8) is 0 Å². The first-order valence-corrected chi connectivity index (χ1v) is 5.20. The third kappa shape index (κ3) is 2.73. The van der Waals surface area contributed by atoms with Crippen LogP contribution in [0.1, 0.15) is 15.9 Å². The maximum absolute atomic E-state index is 10.6. The number of benzene rings is 1. The van der Waals surface area contributed by atoms with Crippen molar-refractivity contribution in [2.75, 3.05) is 5.33 Å². The molecule has 0 saturated carbocycles. The molecule has 1 rings (SSSR count). The van der Waals surface area contributed by atoms with E-state index >= 15 is 0 Å². The van der Waals surface area contributed by atoms with Crippen molar-refractivity contribution in [1.29, 1.82) is 0 Å². The van der Waals surface area contributed by atoms with Gasteiger partial charge < -0.3 is 15.3 Å². The largest absolute Gasteiger partial charge is 0.507 e. The monoisotopic (exact) mass is 272 g/mol. The Morgan fingerprint density at radius 1 is 1.33 bits per heavy atom. The number of alkyl halides is 1. The van der Waals surface area contributed by atoms with Gasteiger partial charge in [-0.3, -0.25) is 0 Å². The average Bonchev–Trinajstić information content (AvgIpc) is 2.16. The van der Waals surface area contributed by atoms with Gasteiger partial charge in [0.05, 0.1) is 11.1 Å². The van der Waals surface area contributed by atoms with E-state index in [1.807, 2.05) is 0 Å². The molecule has 0 radical (unpaired) electrons. The van der Waals surface area contributed by atoms with Gasteiger partial charge in [0.15, 0.2) is 0 Å². The molecule has 0 aliphatic carbocycles. The summed E-state index contributed by atoms with van der Waals surface area (Å²) in [6.07, 6.45) is 3.18. The number of halogens is 1. The van der Waals surface area contributed by atoms with Crippen molar-refractivity contribution < 1.29 is 20.1 Å². The normalized spacial score (nSPS) is 10.7. The van der Waals surface area contributed by atoms with Gasteiger partial charge in [-0.2, -0.15) is 0 Å². The second kappa shape index (κ2) is 4.84. The van der Waals surface area contributed by atoms with Gasteiger partial charge in [0, 0.05) is 5.33 Å². The highest BCUT2D eigenvalue weighted by Crippen LogP contribution is 2.30. The van der Waals surface area contributed by atoms with E-state index in [1.165, 1.54) is 6.08 Å². The summed E-state index contributed by atoms with van der Waals surface area (Å²) in [7, 11) is 0. The van der Waals surface area contributed by atoms with E-state index < -0.39 is 5.97 Å². The predicted octanol–water partition coefficient (Wildman–Crippen LogP) is 2.20. The number of phenols is 2.